The van der Waals surface area contributed by atoms with Crippen molar-refractivity contribution in [1.29, 1.82) is 0 Å². The van der Waals surface area contributed by atoms with Crippen molar-refractivity contribution in [2.45, 2.75) is 38.1 Å². The summed E-state index contributed by atoms with van der Waals surface area (Å²) in [5, 5.41) is 11.7. The molecular formula is C16H23NO4. The van der Waals surface area contributed by atoms with Crippen molar-refractivity contribution in [3.8, 4) is 0 Å². The van der Waals surface area contributed by atoms with E-state index in [-0.39, 0.29) is 18.4 Å². The lowest BCUT2D eigenvalue weighted by Gasteiger charge is -2.18. The van der Waals surface area contributed by atoms with E-state index >= 15 is 0 Å². The number of benzene rings is 1. The minimum absolute atomic E-state index is 0.0514. The molecule has 1 rings (SSSR count). The molecule has 0 radical (unpaired) electrons. The maximum atomic E-state index is 11.8. The number of carbonyl (C=O) groups excluding carboxylic acids is 1. The fourth-order valence-electron chi connectivity index (χ4n) is 2.10. The van der Waals surface area contributed by atoms with Gasteiger partial charge in [0.2, 0.25) is 5.91 Å². The molecule has 0 heterocycles. The SMILES string of the molecule is COCCCC(=O)NC(CCC(=O)O)Cc1ccccc1. The van der Waals surface area contributed by atoms with Crippen LogP contribution in [0.25, 0.3) is 0 Å². The van der Waals surface area contributed by atoms with Crippen LogP contribution in [0.1, 0.15) is 31.2 Å². The first kappa shape index (κ1) is 17.2. The van der Waals surface area contributed by atoms with E-state index in [9.17, 15) is 9.59 Å². The number of amides is 1. The van der Waals surface area contributed by atoms with Crippen LogP contribution >= 0.6 is 0 Å². The lowest BCUT2D eigenvalue weighted by molar-refractivity contribution is -0.137. The van der Waals surface area contributed by atoms with Crippen molar-refractivity contribution in [2.75, 3.05) is 13.7 Å². The second kappa shape index (κ2) is 9.94. The highest BCUT2D eigenvalue weighted by atomic mass is 16.5. The highest BCUT2D eigenvalue weighted by Crippen LogP contribution is 2.08. The van der Waals surface area contributed by atoms with E-state index in [0.717, 1.165) is 5.56 Å². The number of aliphatic carboxylic acids is 1. The summed E-state index contributed by atoms with van der Waals surface area (Å²) in [4.78, 5) is 22.6. The minimum Gasteiger partial charge on any atom is -0.481 e. The Morgan fingerprint density at radius 2 is 1.95 bits per heavy atom. The molecule has 5 heteroatoms. The number of hydrogen-bond acceptors (Lipinski definition) is 3. The monoisotopic (exact) mass is 293 g/mol. The molecule has 5 nitrogen and oxygen atoms in total. The first-order chi connectivity index (χ1) is 10.1. The number of ether oxygens (including phenoxy) is 1. The van der Waals surface area contributed by atoms with Crippen LogP contribution in [0, 0.1) is 0 Å². The van der Waals surface area contributed by atoms with E-state index in [1.807, 2.05) is 30.3 Å². The second-order valence-electron chi connectivity index (χ2n) is 4.98. The second-order valence-corrected chi connectivity index (χ2v) is 4.98. The van der Waals surface area contributed by atoms with E-state index in [1.54, 1.807) is 7.11 Å². The van der Waals surface area contributed by atoms with Crippen LogP contribution in [-0.4, -0.2) is 36.7 Å². The van der Waals surface area contributed by atoms with Gasteiger partial charge in [-0.3, -0.25) is 9.59 Å². The Morgan fingerprint density at radius 1 is 1.24 bits per heavy atom. The quantitative estimate of drug-likeness (QED) is 0.647. The van der Waals surface area contributed by atoms with Gasteiger partial charge in [0.15, 0.2) is 0 Å². The van der Waals surface area contributed by atoms with Crippen molar-refractivity contribution >= 4 is 11.9 Å². The molecule has 1 unspecified atom stereocenters. The molecule has 1 aromatic rings. The Morgan fingerprint density at radius 3 is 2.57 bits per heavy atom. The van der Waals surface area contributed by atoms with E-state index < -0.39 is 5.97 Å². The molecule has 1 amide bonds. The first-order valence-electron chi connectivity index (χ1n) is 7.16. The molecule has 21 heavy (non-hydrogen) atoms. The molecule has 0 aliphatic heterocycles. The van der Waals surface area contributed by atoms with Crippen LogP contribution in [0.15, 0.2) is 30.3 Å². The van der Waals surface area contributed by atoms with Crippen LogP contribution in [0.3, 0.4) is 0 Å². The van der Waals surface area contributed by atoms with Crippen LogP contribution in [0.4, 0.5) is 0 Å². The van der Waals surface area contributed by atoms with Crippen molar-refractivity contribution in [1.82, 2.24) is 5.32 Å². The third-order valence-corrected chi connectivity index (χ3v) is 3.15. The predicted molar refractivity (Wildman–Crippen MR) is 80.1 cm³/mol. The Hall–Kier alpha value is -1.88. The van der Waals surface area contributed by atoms with Crippen LogP contribution in [0.2, 0.25) is 0 Å². The maximum Gasteiger partial charge on any atom is 0.303 e. The number of hydrogen-bond donors (Lipinski definition) is 2. The summed E-state index contributed by atoms with van der Waals surface area (Å²) in [5.74, 6) is -0.903. The number of nitrogens with one attached hydrogen (secondary N) is 1. The fraction of sp³-hybridized carbons (Fsp3) is 0.500. The normalized spacial score (nSPS) is 11.9. The Balaban J connectivity index is 2.51. The lowest BCUT2D eigenvalue weighted by Crippen LogP contribution is -2.36. The first-order valence-corrected chi connectivity index (χ1v) is 7.16. The van der Waals surface area contributed by atoms with Crippen molar-refractivity contribution in [3.05, 3.63) is 35.9 Å². The van der Waals surface area contributed by atoms with E-state index in [2.05, 4.69) is 5.32 Å². The van der Waals surface area contributed by atoms with Gasteiger partial charge in [0.25, 0.3) is 0 Å². The van der Waals surface area contributed by atoms with Gasteiger partial charge in [0.05, 0.1) is 0 Å². The standard InChI is InChI=1S/C16H23NO4/c1-21-11-5-8-15(18)17-14(9-10-16(19)20)12-13-6-3-2-4-7-13/h2-4,6-7,14H,5,8-12H2,1H3,(H,17,18)(H,19,20). The molecule has 0 spiro atoms. The number of methoxy groups -OCH3 is 1. The number of carboxylic acids is 1. The molecule has 0 aromatic heterocycles. The molecule has 1 atom stereocenters. The Bertz CT molecular complexity index is 433. The predicted octanol–water partition coefficient (Wildman–Crippen LogP) is 2.01. The number of carboxylic acid groups (broad SMARTS) is 1. The summed E-state index contributed by atoms with van der Waals surface area (Å²) in [6, 6.07) is 9.60. The van der Waals surface area contributed by atoms with Crippen molar-refractivity contribution < 1.29 is 19.4 Å². The van der Waals surface area contributed by atoms with Gasteiger partial charge in [0.1, 0.15) is 0 Å². The highest BCUT2D eigenvalue weighted by molar-refractivity contribution is 5.76. The zero-order valence-corrected chi connectivity index (χ0v) is 12.4. The van der Waals surface area contributed by atoms with Crippen LogP contribution in [-0.2, 0) is 20.7 Å². The van der Waals surface area contributed by atoms with Gasteiger partial charge in [-0.15, -0.1) is 0 Å². The molecule has 0 saturated carbocycles. The molecule has 2 N–H and O–H groups in total. The highest BCUT2D eigenvalue weighted by Gasteiger charge is 2.14. The summed E-state index contributed by atoms with van der Waals surface area (Å²) in [5.41, 5.74) is 1.09. The summed E-state index contributed by atoms with van der Waals surface area (Å²) in [6.07, 6.45) is 2.19. The zero-order valence-electron chi connectivity index (χ0n) is 12.4. The Labute approximate surface area is 125 Å². The maximum absolute atomic E-state index is 11.8. The summed E-state index contributed by atoms with van der Waals surface area (Å²) >= 11 is 0. The largest absolute Gasteiger partial charge is 0.481 e. The van der Waals surface area contributed by atoms with Gasteiger partial charge in [-0.25, -0.2) is 0 Å². The van der Waals surface area contributed by atoms with Gasteiger partial charge in [-0.2, -0.15) is 0 Å². The average Bonchev–Trinajstić information content (AvgIpc) is 2.46. The lowest BCUT2D eigenvalue weighted by atomic mass is 10.0. The van der Waals surface area contributed by atoms with Crippen LogP contribution < -0.4 is 5.32 Å². The molecule has 0 saturated heterocycles. The van der Waals surface area contributed by atoms with E-state index in [1.165, 1.54) is 0 Å². The van der Waals surface area contributed by atoms with Gasteiger partial charge < -0.3 is 15.2 Å². The molecule has 1 aromatic carbocycles. The summed E-state index contributed by atoms with van der Waals surface area (Å²) < 4.78 is 4.91. The third-order valence-electron chi connectivity index (χ3n) is 3.15. The Kier molecular flexibility index (Phi) is 8.12. The molecule has 0 bridgehead atoms. The van der Waals surface area contributed by atoms with Crippen molar-refractivity contribution in [2.24, 2.45) is 0 Å². The summed E-state index contributed by atoms with van der Waals surface area (Å²) in [6.45, 7) is 0.548. The average molecular weight is 293 g/mol. The number of rotatable bonds is 10. The zero-order chi connectivity index (χ0) is 15.5. The molecular weight excluding hydrogens is 270 g/mol. The van der Waals surface area contributed by atoms with Crippen LogP contribution in [0.5, 0.6) is 0 Å². The third kappa shape index (κ3) is 8.09. The van der Waals surface area contributed by atoms with Crippen molar-refractivity contribution in [3.63, 3.8) is 0 Å². The molecule has 0 aliphatic carbocycles. The number of carbonyl (C=O) groups is 2. The van der Waals surface area contributed by atoms with E-state index in [4.69, 9.17) is 9.84 Å². The fourth-order valence-corrected chi connectivity index (χ4v) is 2.10. The van der Waals surface area contributed by atoms with Gasteiger partial charge in [-0.05, 0) is 24.8 Å². The topological polar surface area (TPSA) is 75.6 Å². The van der Waals surface area contributed by atoms with Gasteiger partial charge in [-0.1, -0.05) is 30.3 Å². The summed E-state index contributed by atoms with van der Waals surface area (Å²) in [7, 11) is 1.60. The molecule has 0 fully saturated rings. The molecule has 0 aliphatic rings. The minimum atomic E-state index is -0.846. The van der Waals surface area contributed by atoms with Gasteiger partial charge in [0, 0.05) is 32.6 Å². The molecule has 116 valence electrons. The van der Waals surface area contributed by atoms with Gasteiger partial charge >= 0.3 is 5.97 Å². The smallest absolute Gasteiger partial charge is 0.303 e. The van der Waals surface area contributed by atoms with E-state index in [0.29, 0.717) is 32.3 Å².